The Morgan fingerprint density at radius 2 is 2.10 bits per heavy atom. The second-order valence-corrected chi connectivity index (χ2v) is 3.63. The van der Waals surface area contributed by atoms with Crippen LogP contribution in [0.25, 0.3) is 0 Å². The van der Waals surface area contributed by atoms with Gasteiger partial charge in [-0.3, -0.25) is 0 Å². The molecule has 0 aliphatic carbocycles. The first-order valence-electron chi connectivity index (χ1n) is 3.05. The Morgan fingerprint density at radius 1 is 1.40 bits per heavy atom. The Balaban J connectivity index is 3.04. The highest BCUT2D eigenvalue weighted by Crippen LogP contribution is 2.18. The van der Waals surface area contributed by atoms with Crippen LogP contribution in [0.2, 0.25) is 0 Å². The van der Waals surface area contributed by atoms with E-state index < -0.39 is 0 Å². The third-order valence-corrected chi connectivity index (χ3v) is 2.91. The fourth-order valence-corrected chi connectivity index (χ4v) is 1.39. The number of hydrogen-bond donors (Lipinski definition) is 0. The summed E-state index contributed by atoms with van der Waals surface area (Å²) >= 11 is 6.84. The molecule has 0 heterocycles. The maximum atomic E-state index is 3.44. The quantitative estimate of drug-likeness (QED) is 0.679. The van der Waals surface area contributed by atoms with E-state index in [0.717, 1.165) is 5.33 Å². The van der Waals surface area contributed by atoms with Crippen molar-refractivity contribution in [3.8, 4) is 0 Å². The molecule has 0 aliphatic heterocycles. The molecule has 0 spiro atoms. The summed E-state index contributed by atoms with van der Waals surface area (Å²) in [6.45, 7) is 2.09. The summed E-state index contributed by atoms with van der Waals surface area (Å²) < 4.78 is 1.18. The van der Waals surface area contributed by atoms with Crippen molar-refractivity contribution in [3.05, 3.63) is 33.8 Å². The Morgan fingerprint density at radius 3 is 2.60 bits per heavy atom. The summed E-state index contributed by atoms with van der Waals surface area (Å²) in [5, 5.41) is 0.932. The molecule has 0 bridgehead atoms. The number of aryl methyl sites for hydroxylation is 1. The van der Waals surface area contributed by atoms with Crippen molar-refractivity contribution in [1.82, 2.24) is 0 Å². The van der Waals surface area contributed by atoms with Crippen LogP contribution in [0.1, 0.15) is 11.1 Å². The van der Waals surface area contributed by atoms with E-state index in [1.54, 1.807) is 0 Å². The van der Waals surface area contributed by atoms with Crippen LogP contribution < -0.4 is 0 Å². The Bertz CT molecular complexity index is 231. The van der Waals surface area contributed by atoms with E-state index in [1.165, 1.54) is 15.6 Å². The first-order valence-corrected chi connectivity index (χ1v) is 4.96. The van der Waals surface area contributed by atoms with E-state index in [9.17, 15) is 0 Å². The molecule has 0 unspecified atom stereocenters. The van der Waals surface area contributed by atoms with Crippen molar-refractivity contribution >= 4 is 31.9 Å². The van der Waals surface area contributed by atoms with Gasteiger partial charge in [0.25, 0.3) is 0 Å². The summed E-state index contributed by atoms with van der Waals surface area (Å²) in [5.74, 6) is 0. The van der Waals surface area contributed by atoms with E-state index in [0.29, 0.717) is 0 Å². The van der Waals surface area contributed by atoms with Crippen LogP contribution in [0.15, 0.2) is 22.7 Å². The minimum Gasteiger partial charge on any atom is -0.0876 e. The minimum atomic E-state index is 0.932. The topological polar surface area (TPSA) is 0 Å². The van der Waals surface area contributed by atoms with Crippen molar-refractivity contribution in [2.75, 3.05) is 0 Å². The lowest BCUT2D eigenvalue weighted by Crippen LogP contribution is -1.79. The van der Waals surface area contributed by atoms with E-state index in [2.05, 4.69) is 57.0 Å². The van der Waals surface area contributed by atoms with Gasteiger partial charge in [-0.25, -0.2) is 0 Å². The normalized spacial score (nSPS) is 9.90. The van der Waals surface area contributed by atoms with Crippen LogP contribution in [0, 0.1) is 6.92 Å². The van der Waals surface area contributed by atoms with E-state index in [1.807, 2.05) is 0 Å². The van der Waals surface area contributed by atoms with Crippen molar-refractivity contribution in [2.45, 2.75) is 12.3 Å². The van der Waals surface area contributed by atoms with Crippen molar-refractivity contribution in [2.24, 2.45) is 0 Å². The van der Waals surface area contributed by atoms with Crippen molar-refractivity contribution < 1.29 is 0 Å². The highest BCUT2D eigenvalue weighted by Gasteiger charge is 1.94. The zero-order valence-electron chi connectivity index (χ0n) is 5.70. The predicted molar refractivity (Wildman–Crippen MR) is 51.5 cm³/mol. The maximum absolute atomic E-state index is 3.44. The molecule has 0 N–H and O–H groups in total. The molecule has 0 saturated heterocycles. The van der Waals surface area contributed by atoms with Gasteiger partial charge in [-0.15, -0.1) is 0 Å². The highest BCUT2D eigenvalue weighted by atomic mass is 79.9. The molecule has 0 saturated carbocycles. The molecule has 54 valence electrons. The smallest absolute Gasteiger partial charge is 0.0283 e. The van der Waals surface area contributed by atoms with Gasteiger partial charge in [0.15, 0.2) is 0 Å². The van der Waals surface area contributed by atoms with Crippen LogP contribution in [-0.4, -0.2) is 0 Å². The average molecular weight is 264 g/mol. The second-order valence-electron chi connectivity index (χ2n) is 2.22. The standard InChI is InChI=1S/C8H8Br2/c1-6-4-7(5-9)2-3-8(6)10/h2-4H,5H2,1H3. The zero-order valence-corrected chi connectivity index (χ0v) is 8.87. The summed E-state index contributed by atoms with van der Waals surface area (Å²) in [4.78, 5) is 0. The number of halogens is 2. The molecule has 0 atom stereocenters. The highest BCUT2D eigenvalue weighted by molar-refractivity contribution is 9.10. The SMILES string of the molecule is Cc1cc(CBr)ccc1Br. The molecule has 1 aromatic rings. The van der Waals surface area contributed by atoms with Crippen LogP contribution in [-0.2, 0) is 5.33 Å². The van der Waals surface area contributed by atoms with Gasteiger partial charge >= 0.3 is 0 Å². The van der Waals surface area contributed by atoms with Gasteiger partial charge in [0, 0.05) is 9.80 Å². The Labute approximate surface area is 77.9 Å². The van der Waals surface area contributed by atoms with Crippen molar-refractivity contribution in [3.63, 3.8) is 0 Å². The Kier molecular flexibility index (Phi) is 2.93. The summed E-state index contributed by atoms with van der Waals surface area (Å²) in [7, 11) is 0. The van der Waals surface area contributed by atoms with E-state index in [4.69, 9.17) is 0 Å². The minimum absolute atomic E-state index is 0.932. The van der Waals surface area contributed by atoms with Gasteiger partial charge in [0.2, 0.25) is 0 Å². The van der Waals surface area contributed by atoms with Crippen LogP contribution in [0.4, 0.5) is 0 Å². The molecular formula is C8H8Br2. The van der Waals surface area contributed by atoms with Gasteiger partial charge in [-0.2, -0.15) is 0 Å². The first kappa shape index (κ1) is 8.28. The van der Waals surface area contributed by atoms with Gasteiger partial charge in [0.05, 0.1) is 0 Å². The molecule has 0 aromatic heterocycles. The fraction of sp³-hybridized carbons (Fsp3) is 0.250. The lowest BCUT2D eigenvalue weighted by Gasteiger charge is -1.99. The molecule has 0 nitrogen and oxygen atoms in total. The van der Waals surface area contributed by atoms with Crippen LogP contribution >= 0.6 is 31.9 Å². The van der Waals surface area contributed by atoms with Gasteiger partial charge in [0.1, 0.15) is 0 Å². The molecule has 0 amide bonds. The van der Waals surface area contributed by atoms with Crippen LogP contribution in [0.5, 0.6) is 0 Å². The number of hydrogen-bond acceptors (Lipinski definition) is 0. The van der Waals surface area contributed by atoms with Gasteiger partial charge < -0.3 is 0 Å². The van der Waals surface area contributed by atoms with Crippen LogP contribution in [0.3, 0.4) is 0 Å². The zero-order chi connectivity index (χ0) is 7.56. The molecular weight excluding hydrogens is 256 g/mol. The molecule has 1 aromatic carbocycles. The molecule has 1 rings (SSSR count). The summed E-state index contributed by atoms with van der Waals surface area (Å²) in [5.41, 5.74) is 2.61. The fourth-order valence-electron chi connectivity index (χ4n) is 0.790. The lowest BCUT2D eigenvalue weighted by atomic mass is 10.2. The second kappa shape index (κ2) is 3.54. The predicted octanol–water partition coefficient (Wildman–Crippen LogP) is 3.65. The number of rotatable bonds is 1. The average Bonchev–Trinajstić information content (AvgIpc) is 1.95. The van der Waals surface area contributed by atoms with Crippen molar-refractivity contribution in [1.29, 1.82) is 0 Å². The van der Waals surface area contributed by atoms with Gasteiger partial charge in [-0.05, 0) is 24.1 Å². The van der Waals surface area contributed by atoms with E-state index >= 15 is 0 Å². The third kappa shape index (κ3) is 1.83. The monoisotopic (exact) mass is 262 g/mol. The first-order chi connectivity index (χ1) is 4.74. The third-order valence-electron chi connectivity index (χ3n) is 1.38. The molecule has 0 fully saturated rings. The number of alkyl halides is 1. The largest absolute Gasteiger partial charge is 0.0876 e. The van der Waals surface area contributed by atoms with E-state index in [-0.39, 0.29) is 0 Å². The summed E-state index contributed by atoms with van der Waals surface area (Å²) in [6.07, 6.45) is 0. The summed E-state index contributed by atoms with van der Waals surface area (Å²) in [6, 6.07) is 6.34. The lowest BCUT2D eigenvalue weighted by molar-refractivity contribution is 1.34. The maximum Gasteiger partial charge on any atom is 0.0283 e. The molecule has 0 aliphatic rings. The Hall–Kier alpha value is 0.180. The molecule has 10 heavy (non-hydrogen) atoms. The number of benzene rings is 1. The van der Waals surface area contributed by atoms with Gasteiger partial charge in [-0.1, -0.05) is 44.0 Å². The molecule has 2 heteroatoms. The molecule has 0 radical (unpaired) electrons.